The number of aliphatic hydroxyl groups is 8. The van der Waals surface area contributed by atoms with Crippen LogP contribution in [0.5, 0.6) is 0 Å². The fraction of sp³-hybridized carbons (Fsp3) is 0.733. The first-order valence-electron chi connectivity index (χ1n) is 21.9. The quantitative estimate of drug-likeness (QED) is 0.0318. The molecule has 1 fully saturated rings. The Kier molecular flexibility index (Phi) is 31.9. The third-order valence-corrected chi connectivity index (χ3v) is 9.89. The summed E-state index contributed by atoms with van der Waals surface area (Å²) in [6.07, 6.45) is 11.4. The highest BCUT2D eigenvalue weighted by molar-refractivity contribution is 5.66. The minimum atomic E-state index is -1.69. The van der Waals surface area contributed by atoms with E-state index in [1.807, 2.05) is 37.3 Å². The van der Waals surface area contributed by atoms with E-state index in [1.165, 1.54) is 12.2 Å². The van der Waals surface area contributed by atoms with E-state index in [2.05, 4.69) is 6.92 Å². The number of hydrogen-bond donors (Lipinski definition) is 10. The Morgan fingerprint density at radius 3 is 2.02 bits per heavy atom. The molecule has 1 heterocycles. The van der Waals surface area contributed by atoms with Crippen LogP contribution in [0.4, 0.5) is 0 Å². The summed E-state index contributed by atoms with van der Waals surface area (Å²) in [5.41, 5.74) is 0. The Hall–Kier alpha value is -2.84. The van der Waals surface area contributed by atoms with Crippen molar-refractivity contribution >= 4 is 11.9 Å². The van der Waals surface area contributed by atoms with Gasteiger partial charge in [0.2, 0.25) is 0 Å². The van der Waals surface area contributed by atoms with Crippen molar-refractivity contribution in [3.05, 3.63) is 60.8 Å². The van der Waals surface area contributed by atoms with Gasteiger partial charge in [-0.05, 0) is 70.6 Å². The van der Waals surface area contributed by atoms with Gasteiger partial charge in [-0.15, -0.1) is 0 Å². The molecule has 0 bridgehead atoms. The summed E-state index contributed by atoms with van der Waals surface area (Å²) >= 11 is 0. The highest BCUT2D eigenvalue weighted by atomic mass is 16.7. The number of carboxylic acids is 2. The third kappa shape index (κ3) is 26.4. The Balaban J connectivity index is 3.43. The smallest absolute Gasteiger partial charge is 0.303 e. The molecular weight excluding hydrogens is 796 g/mol. The second-order valence-corrected chi connectivity index (χ2v) is 15.4. The molecule has 61 heavy (non-hydrogen) atoms. The van der Waals surface area contributed by atoms with Gasteiger partial charge < -0.3 is 70.0 Å². The molecule has 0 aliphatic carbocycles. The summed E-state index contributed by atoms with van der Waals surface area (Å²) in [6.45, 7) is 2.81. The van der Waals surface area contributed by atoms with E-state index < -0.39 is 98.6 Å². The van der Waals surface area contributed by atoms with E-state index in [0.29, 0.717) is 32.1 Å². The standard InChI is InChI=1S/C45H76O16/c1-3-5-7-9-10-14-21-35(49)38(60-37(22-15-8-6-4-2)36(50)27-25-32(47)19-17-18-24-41(53)54)28-26-34(20-13-11-12-16-23-40(51)52)58-31-39-42(55)43(56)44(57)45(61-39)59-30-33(48)29-46/h8,10-11,13-15,25-28,32-39,42-50,55-57H,3-7,9,12,16-24,29-31H2,1-2H3,(H,51,52)(H,53,54)/b13-11-,14-10-,15-8-,27-25+,28-26+/t32-,33+,34-,35-,36+,37-,38+,39+,42-,43-,44+,45+/m0/s1. The lowest BCUT2D eigenvalue weighted by Gasteiger charge is -2.40. The molecule has 0 aromatic rings. The van der Waals surface area contributed by atoms with Crippen molar-refractivity contribution in [1.29, 1.82) is 0 Å². The van der Waals surface area contributed by atoms with Gasteiger partial charge in [-0.3, -0.25) is 9.59 Å². The highest BCUT2D eigenvalue weighted by Gasteiger charge is 2.44. The van der Waals surface area contributed by atoms with Gasteiger partial charge in [-0.2, -0.15) is 0 Å². The first kappa shape index (κ1) is 56.2. The van der Waals surface area contributed by atoms with E-state index in [9.17, 15) is 45.3 Å². The van der Waals surface area contributed by atoms with Crippen molar-refractivity contribution in [2.24, 2.45) is 0 Å². The molecule has 16 nitrogen and oxygen atoms in total. The normalized spacial score (nSPS) is 23.6. The fourth-order valence-electron chi connectivity index (χ4n) is 6.17. The maximum atomic E-state index is 11.5. The molecule has 0 radical (unpaired) electrons. The average Bonchev–Trinajstić information content (AvgIpc) is 3.23. The number of unbranched alkanes of at least 4 members (excludes halogenated alkanes) is 6. The van der Waals surface area contributed by atoms with Crippen LogP contribution < -0.4 is 0 Å². The predicted molar refractivity (Wildman–Crippen MR) is 228 cm³/mol. The number of carboxylic acid groups (broad SMARTS) is 2. The Morgan fingerprint density at radius 1 is 0.689 bits per heavy atom. The maximum absolute atomic E-state index is 11.5. The molecule has 16 heteroatoms. The van der Waals surface area contributed by atoms with E-state index in [-0.39, 0.29) is 38.7 Å². The molecular formula is C45H76O16. The van der Waals surface area contributed by atoms with E-state index in [4.69, 9.17) is 34.3 Å². The van der Waals surface area contributed by atoms with Crippen LogP contribution in [-0.4, -0.2) is 156 Å². The lowest BCUT2D eigenvalue weighted by molar-refractivity contribution is -0.307. The van der Waals surface area contributed by atoms with Crippen molar-refractivity contribution in [2.75, 3.05) is 19.8 Å². The van der Waals surface area contributed by atoms with Crippen molar-refractivity contribution in [2.45, 2.75) is 190 Å². The van der Waals surface area contributed by atoms with Crippen molar-refractivity contribution < 1.29 is 79.6 Å². The Bertz CT molecular complexity index is 1290. The molecule has 10 N–H and O–H groups in total. The fourth-order valence-corrected chi connectivity index (χ4v) is 6.17. The molecule has 12 atom stereocenters. The molecule has 0 aromatic carbocycles. The molecule has 0 spiro atoms. The van der Waals surface area contributed by atoms with Gasteiger partial charge in [0.25, 0.3) is 0 Å². The minimum absolute atomic E-state index is 0.000618. The molecule has 0 saturated carbocycles. The molecule has 0 unspecified atom stereocenters. The molecule has 1 aliphatic heterocycles. The van der Waals surface area contributed by atoms with E-state index in [0.717, 1.165) is 38.5 Å². The van der Waals surface area contributed by atoms with Crippen molar-refractivity contribution in [1.82, 2.24) is 0 Å². The van der Waals surface area contributed by atoms with Crippen LogP contribution in [0.1, 0.15) is 117 Å². The van der Waals surface area contributed by atoms with E-state index >= 15 is 0 Å². The zero-order valence-electron chi connectivity index (χ0n) is 36.1. The van der Waals surface area contributed by atoms with Crippen LogP contribution in [0.15, 0.2) is 60.8 Å². The number of rotatable bonds is 36. The summed E-state index contributed by atoms with van der Waals surface area (Å²) in [5.74, 6) is -1.82. The van der Waals surface area contributed by atoms with Crippen LogP contribution in [0.3, 0.4) is 0 Å². The van der Waals surface area contributed by atoms with Crippen LogP contribution in [0.2, 0.25) is 0 Å². The van der Waals surface area contributed by atoms with Gasteiger partial charge in [-0.1, -0.05) is 93.9 Å². The first-order chi connectivity index (χ1) is 29.2. The monoisotopic (exact) mass is 873 g/mol. The number of aliphatic carboxylic acids is 2. The number of ether oxygens (including phenoxy) is 4. The molecule has 1 rings (SSSR count). The summed E-state index contributed by atoms with van der Waals surface area (Å²) in [6, 6.07) is 0. The van der Waals surface area contributed by atoms with Gasteiger partial charge in [-0.25, -0.2) is 0 Å². The third-order valence-electron chi connectivity index (χ3n) is 9.89. The van der Waals surface area contributed by atoms with Crippen molar-refractivity contribution in [3.63, 3.8) is 0 Å². The molecule has 352 valence electrons. The Morgan fingerprint density at radius 2 is 1.34 bits per heavy atom. The zero-order valence-corrected chi connectivity index (χ0v) is 36.1. The summed E-state index contributed by atoms with van der Waals surface area (Å²) in [4.78, 5) is 21.8. The predicted octanol–water partition coefficient (Wildman–Crippen LogP) is 3.62. The molecule has 1 aliphatic rings. The molecule has 0 aromatic heterocycles. The minimum Gasteiger partial charge on any atom is -0.481 e. The first-order valence-corrected chi connectivity index (χ1v) is 21.9. The summed E-state index contributed by atoms with van der Waals surface area (Å²) in [7, 11) is 0. The average molecular weight is 873 g/mol. The topological polar surface area (TPSA) is 273 Å². The molecule has 0 amide bonds. The lowest BCUT2D eigenvalue weighted by atomic mass is 9.99. The van der Waals surface area contributed by atoms with E-state index in [1.54, 1.807) is 18.2 Å². The van der Waals surface area contributed by atoms with Gasteiger partial charge in [0, 0.05) is 12.8 Å². The molecule has 1 saturated heterocycles. The van der Waals surface area contributed by atoms with Crippen LogP contribution in [0.25, 0.3) is 0 Å². The van der Waals surface area contributed by atoms with Crippen LogP contribution in [-0.2, 0) is 28.5 Å². The van der Waals surface area contributed by atoms with Gasteiger partial charge >= 0.3 is 11.9 Å². The number of carbonyl (C=O) groups is 2. The van der Waals surface area contributed by atoms with Gasteiger partial charge in [0.1, 0.15) is 36.6 Å². The number of allylic oxidation sites excluding steroid dienone is 3. The zero-order chi connectivity index (χ0) is 45.4. The van der Waals surface area contributed by atoms with Gasteiger partial charge in [0.15, 0.2) is 6.29 Å². The Labute approximate surface area is 361 Å². The van der Waals surface area contributed by atoms with Crippen LogP contribution in [0, 0.1) is 0 Å². The van der Waals surface area contributed by atoms with Crippen LogP contribution >= 0.6 is 0 Å². The van der Waals surface area contributed by atoms with Gasteiger partial charge in [0.05, 0.1) is 50.3 Å². The number of aliphatic hydroxyl groups excluding tert-OH is 8. The SMILES string of the molecule is CCC/C=C\C[C@H](O[C@H](/C=C/[C@H](C/C=C\CCCC(=O)O)OC[C@H]1O[C@@H](OC[C@H](O)CO)[C@H](O)[C@@H](O)[C@H]1O)[C@@H](O)C/C=C\CCCCC)[C@H](O)/C=C/[C@@H](O)CCCCC(=O)O. The maximum Gasteiger partial charge on any atom is 0.303 e. The second kappa shape index (κ2) is 34.6. The summed E-state index contributed by atoms with van der Waals surface area (Å²) < 4.78 is 23.7. The summed E-state index contributed by atoms with van der Waals surface area (Å²) in [5, 5.41) is 102. The second-order valence-electron chi connectivity index (χ2n) is 15.4. The number of hydrogen-bond acceptors (Lipinski definition) is 14. The highest BCUT2D eigenvalue weighted by Crippen LogP contribution is 2.24. The van der Waals surface area contributed by atoms with Crippen molar-refractivity contribution in [3.8, 4) is 0 Å². The lowest BCUT2D eigenvalue weighted by Crippen LogP contribution is -2.59. The largest absolute Gasteiger partial charge is 0.481 e.